The Morgan fingerprint density at radius 1 is 1.24 bits per heavy atom. The molecule has 6 nitrogen and oxygen atoms in total. The number of hydrogen-bond donors (Lipinski definition) is 3. The zero-order valence-corrected chi connectivity index (χ0v) is 16.8. The molecule has 29 heavy (non-hydrogen) atoms. The average Bonchev–Trinajstić information content (AvgIpc) is 2.71. The van der Waals surface area contributed by atoms with Crippen molar-refractivity contribution in [1.29, 1.82) is 0 Å². The monoisotopic (exact) mass is 399 g/mol. The molecule has 1 heterocycles. The summed E-state index contributed by atoms with van der Waals surface area (Å²) in [5.74, 6) is -0.158. The molecule has 2 aromatic carbocycles. The number of hydrogen-bond acceptors (Lipinski definition) is 5. The van der Waals surface area contributed by atoms with Gasteiger partial charge in [0, 0.05) is 25.2 Å². The van der Waals surface area contributed by atoms with Crippen LogP contribution < -0.4 is 4.74 Å². The second kappa shape index (κ2) is 9.29. The van der Waals surface area contributed by atoms with Gasteiger partial charge in [0.25, 0.3) is 0 Å². The van der Waals surface area contributed by atoms with E-state index in [0.717, 1.165) is 12.0 Å². The summed E-state index contributed by atoms with van der Waals surface area (Å²) in [5, 5.41) is 30.5. The number of carboxylic acid groups (broad SMARTS) is 1. The van der Waals surface area contributed by atoms with Crippen LogP contribution in [0.15, 0.2) is 48.5 Å². The highest BCUT2D eigenvalue weighted by molar-refractivity contribution is 5.76. The third-order valence-corrected chi connectivity index (χ3v) is 5.88. The van der Waals surface area contributed by atoms with Crippen LogP contribution in [0.5, 0.6) is 11.5 Å². The lowest BCUT2D eigenvalue weighted by atomic mass is 9.73. The third kappa shape index (κ3) is 4.89. The first-order chi connectivity index (χ1) is 13.9. The van der Waals surface area contributed by atoms with E-state index in [0.29, 0.717) is 38.1 Å². The lowest BCUT2D eigenvalue weighted by Gasteiger charge is -2.43. The van der Waals surface area contributed by atoms with Gasteiger partial charge in [0.1, 0.15) is 16.9 Å². The van der Waals surface area contributed by atoms with Gasteiger partial charge in [0.2, 0.25) is 0 Å². The largest absolute Gasteiger partial charge is 0.508 e. The maximum Gasteiger partial charge on any atom is 0.313 e. The molecular weight excluding hydrogens is 370 g/mol. The van der Waals surface area contributed by atoms with Crippen molar-refractivity contribution in [3.8, 4) is 11.5 Å². The predicted molar refractivity (Wildman–Crippen MR) is 110 cm³/mol. The quantitative estimate of drug-likeness (QED) is 0.632. The molecule has 156 valence electrons. The first-order valence-corrected chi connectivity index (χ1v) is 9.98. The van der Waals surface area contributed by atoms with Crippen LogP contribution in [0.4, 0.5) is 0 Å². The van der Waals surface area contributed by atoms with Crippen molar-refractivity contribution in [2.75, 3.05) is 20.2 Å². The highest BCUT2D eigenvalue weighted by atomic mass is 16.5. The van der Waals surface area contributed by atoms with Crippen LogP contribution >= 0.6 is 0 Å². The van der Waals surface area contributed by atoms with Gasteiger partial charge in [-0.1, -0.05) is 30.3 Å². The van der Waals surface area contributed by atoms with Gasteiger partial charge < -0.3 is 20.1 Å². The summed E-state index contributed by atoms with van der Waals surface area (Å²) in [6, 6.07) is 14.9. The number of ether oxygens (including phenoxy) is 1. The maximum atomic E-state index is 12.3. The molecule has 0 radical (unpaired) electrons. The number of aryl methyl sites for hydroxylation is 1. The second-order valence-electron chi connectivity index (χ2n) is 7.81. The Bertz CT molecular complexity index is 825. The minimum Gasteiger partial charge on any atom is -0.508 e. The maximum absolute atomic E-state index is 12.3. The third-order valence-electron chi connectivity index (χ3n) is 5.88. The first kappa shape index (κ1) is 21.1. The SMILES string of the molecule is COc1ccc(O)cc1CN1CC[C@@H](O)[C@](CCCc2ccccc2)(C(=O)O)C1. The van der Waals surface area contributed by atoms with Crippen LogP contribution in [0.2, 0.25) is 0 Å². The highest BCUT2D eigenvalue weighted by Gasteiger charge is 2.48. The van der Waals surface area contributed by atoms with Crippen molar-refractivity contribution in [3.05, 3.63) is 59.7 Å². The van der Waals surface area contributed by atoms with E-state index >= 15 is 0 Å². The molecule has 0 bridgehead atoms. The molecule has 3 rings (SSSR count). The van der Waals surface area contributed by atoms with Gasteiger partial charge in [-0.05, 0) is 49.4 Å². The molecule has 0 aliphatic carbocycles. The number of likely N-dealkylation sites (tertiary alicyclic amines) is 1. The Hall–Kier alpha value is -2.57. The molecule has 1 fully saturated rings. The lowest BCUT2D eigenvalue weighted by molar-refractivity contribution is -0.164. The van der Waals surface area contributed by atoms with Gasteiger partial charge in [-0.2, -0.15) is 0 Å². The van der Waals surface area contributed by atoms with E-state index in [9.17, 15) is 20.1 Å². The van der Waals surface area contributed by atoms with Crippen LogP contribution in [-0.4, -0.2) is 52.5 Å². The zero-order valence-electron chi connectivity index (χ0n) is 16.8. The number of piperidine rings is 1. The second-order valence-corrected chi connectivity index (χ2v) is 7.81. The minimum absolute atomic E-state index is 0.144. The Labute approximate surface area is 171 Å². The molecule has 1 aliphatic heterocycles. The van der Waals surface area contributed by atoms with Gasteiger partial charge in [-0.3, -0.25) is 9.69 Å². The topological polar surface area (TPSA) is 90.2 Å². The molecule has 1 saturated heterocycles. The number of phenolic OH excluding ortho intramolecular Hbond substituents is 1. The summed E-state index contributed by atoms with van der Waals surface area (Å²) in [5.41, 5.74) is 0.768. The Kier molecular flexibility index (Phi) is 6.77. The molecule has 6 heteroatoms. The van der Waals surface area contributed by atoms with E-state index in [4.69, 9.17) is 4.74 Å². The van der Waals surface area contributed by atoms with E-state index in [-0.39, 0.29) is 12.3 Å². The molecule has 0 unspecified atom stereocenters. The number of aliphatic hydroxyl groups excluding tert-OH is 1. The number of aliphatic hydroxyl groups is 1. The fourth-order valence-corrected chi connectivity index (χ4v) is 4.24. The van der Waals surface area contributed by atoms with Crippen molar-refractivity contribution >= 4 is 5.97 Å². The Balaban J connectivity index is 1.72. The Morgan fingerprint density at radius 2 is 2.00 bits per heavy atom. The Morgan fingerprint density at radius 3 is 2.69 bits per heavy atom. The van der Waals surface area contributed by atoms with E-state index < -0.39 is 17.5 Å². The van der Waals surface area contributed by atoms with E-state index in [1.807, 2.05) is 35.2 Å². The predicted octanol–water partition coefficient (Wildman–Crippen LogP) is 3.06. The van der Waals surface area contributed by atoms with Crippen LogP contribution in [-0.2, 0) is 17.8 Å². The summed E-state index contributed by atoms with van der Waals surface area (Å²) in [6.45, 7) is 1.31. The average molecular weight is 399 g/mol. The summed E-state index contributed by atoms with van der Waals surface area (Å²) >= 11 is 0. The van der Waals surface area contributed by atoms with Crippen molar-refractivity contribution in [1.82, 2.24) is 4.90 Å². The van der Waals surface area contributed by atoms with Crippen LogP contribution in [0, 0.1) is 5.41 Å². The fourth-order valence-electron chi connectivity index (χ4n) is 4.24. The molecule has 0 amide bonds. The molecule has 2 atom stereocenters. The number of nitrogens with zero attached hydrogens (tertiary/aromatic N) is 1. The van der Waals surface area contributed by atoms with Gasteiger partial charge in [-0.15, -0.1) is 0 Å². The molecule has 0 saturated carbocycles. The van der Waals surface area contributed by atoms with Crippen LogP contribution in [0.25, 0.3) is 0 Å². The smallest absolute Gasteiger partial charge is 0.313 e. The molecule has 3 N–H and O–H groups in total. The van der Waals surface area contributed by atoms with Crippen LogP contribution in [0.1, 0.15) is 30.4 Å². The molecule has 0 aromatic heterocycles. The van der Waals surface area contributed by atoms with Crippen LogP contribution in [0.3, 0.4) is 0 Å². The van der Waals surface area contributed by atoms with Crippen molar-refractivity contribution in [2.45, 2.75) is 38.3 Å². The minimum atomic E-state index is -1.20. The van der Waals surface area contributed by atoms with E-state index in [1.54, 1.807) is 25.3 Å². The number of rotatable bonds is 8. The number of carboxylic acids is 1. The molecule has 0 spiro atoms. The molecular formula is C23H29NO5. The number of benzene rings is 2. The summed E-state index contributed by atoms with van der Waals surface area (Å²) < 4.78 is 5.37. The molecule has 2 aromatic rings. The van der Waals surface area contributed by atoms with E-state index in [1.165, 1.54) is 5.56 Å². The molecule has 1 aliphatic rings. The zero-order chi connectivity index (χ0) is 20.9. The number of carbonyl (C=O) groups is 1. The lowest BCUT2D eigenvalue weighted by Crippen LogP contribution is -2.55. The number of aromatic hydroxyl groups is 1. The van der Waals surface area contributed by atoms with Crippen molar-refractivity contribution in [3.63, 3.8) is 0 Å². The van der Waals surface area contributed by atoms with Gasteiger partial charge in [0.05, 0.1) is 13.2 Å². The summed E-state index contributed by atoms with van der Waals surface area (Å²) in [6.07, 6.45) is 1.41. The van der Waals surface area contributed by atoms with Crippen molar-refractivity contribution in [2.24, 2.45) is 5.41 Å². The first-order valence-electron chi connectivity index (χ1n) is 9.98. The van der Waals surface area contributed by atoms with Gasteiger partial charge in [-0.25, -0.2) is 0 Å². The van der Waals surface area contributed by atoms with E-state index in [2.05, 4.69) is 0 Å². The van der Waals surface area contributed by atoms with Crippen molar-refractivity contribution < 1.29 is 24.9 Å². The van der Waals surface area contributed by atoms with Gasteiger partial charge >= 0.3 is 5.97 Å². The standard InChI is InChI=1S/C23H29NO5/c1-29-20-10-9-19(25)14-18(20)15-24-13-11-21(26)23(16-24,22(27)28)12-5-8-17-6-3-2-4-7-17/h2-4,6-7,9-10,14,21,25-26H,5,8,11-13,15-16H2,1H3,(H,27,28)/t21-,23-/m1/s1. The fraction of sp³-hybridized carbons (Fsp3) is 0.435. The number of phenols is 1. The summed E-state index contributed by atoms with van der Waals surface area (Å²) in [4.78, 5) is 14.3. The van der Waals surface area contributed by atoms with Gasteiger partial charge in [0.15, 0.2) is 0 Å². The highest BCUT2D eigenvalue weighted by Crippen LogP contribution is 2.37. The number of aliphatic carboxylic acids is 1. The summed E-state index contributed by atoms with van der Waals surface area (Å²) in [7, 11) is 1.57. The number of methoxy groups -OCH3 is 1. The normalized spacial score (nSPS) is 22.3.